The summed E-state index contributed by atoms with van der Waals surface area (Å²) in [7, 11) is 0. The average molecular weight is 282 g/mol. The summed E-state index contributed by atoms with van der Waals surface area (Å²) in [5, 5.41) is 20.4. The van der Waals surface area contributed by atoms with Gasteiger partial charge in [-0.2, -0.15) is 0 Å². The van der Waals surface area contributed by atoms with Gasteiger partial charge in [0.2, 0.25) is 0 Å². The second-order valence-electron chi connectivity index (χ2n) is 4.32. The summed E-state index contributed by atoms with van der Waals surface area (Å²) in [5.74, 6) is -0.805. The number of rotatable bonds is 6. The number of nitrogens with one attached hydrogen (secondary N) is 1. The molecule has 0 aliphatic carbocycles. The van der Waals surface area contributed by atoms with Crippen LogP contribution in [0.15, 0.2) is 24.5 Å². The predicted octanol–water partition coefficient (Wildman–Crippen LogP) is 1.40. The minimum absolute atomic E-state index is 0.0222. The molecule has 0 saturated heterocycles. The summed E-state index contributed by atoms with van der Waals surface area (Å²) < 4.78 is 28.8. The van der Waals surface area contributed by atoms with Crippen molar-refractivity contribution >= 4 is 0 Å². The second kappa shape index (κ2) is 6.53. The van der Waals surface area contributed by atoms with Gasteiger partial charge >= 0.3 is 0 Å². The fourth-order valence-electron chi connectivity index (χ4n) is 1.93. The van der Waals surface area contributed by atoms with Crippen molar-refractivity contribution in [3.05, 3.63) is 47.5 Å². The van der Waals surface area contributed by atoms with E-state index >= 15 is 0 Å². The van der Waals surface area contributed by atoms with Crippen LogP contribution in [0.2, 0.25) is 0 Å². The topological polar surface area (TPSA) is 63.0 Å². The van der Waals surface area contributed by atoms with E-state index in [1.165, 1.54) is 6.07 Å². The molecule has 1 unspecified atom stereocenters. The summed E-state index contributed by atoms with van der Waals surface area (Å²) in [4.78, 5) is 0. The first-order valence-corrected chi connectivity index (χ1v) is 6.32. The zero-order valence-corrected chi connectivity index (χ0v) is 11.1. The lowest BCUT2D eigenvalue weighted by Crippen LogP contribution is -2.24. The summed E-state index contributed by atoms with van der Waals surface area (Å²) in [5.41, 5.74) is -0.322. The Morgan fingerprint density at radius 2 is 2.05 bits per heavy atom. The van der Waals surface area contributed by atoms with Crippen LogP contribution < -0.4 is 5.32 Å². The number of aliphatic hydroxyl groups excluding tert-OH is 1. The number of nitrogens with zero attached hydrogens (tertiary/aromatic N) is 3. The molecular weight excluding hydrogens is 266 g/mol. The first-order chi connectivity index (χ1) is 9.63. The Hall–Kier alpha value is -1.86. The molecule has 2 rings (SSSR count). The van der Waals surface area contributed by atoms with E-state index < -0.39 is 17.7 Å². The van der Waals surface area contributed by atoms with Gasteiger partial charge in [0.25, 0.3) is 0 Å². The van der Waals surface area contributed by atoms with Gasteiger partial charge < -0.3 is 15.0 Å². The molecule has 0 spiro atoms. The molecule has 1 aromatic heterocycles. The van der Waals surface area contributed by atoms with Crippen LogP contribution in [0.3, 0.4) is 0 Å². The van der Waals surface area contributed by atoms with E-state index in [0.717, 1.165) is 18.7 Å². The van der Waals surface area contributed by atoms with E-state index in [0.29, 0.717) is 12.4 Å². The molecule has 2 aromatic rings. The Kier molecular flexibility index (Phi) is 4.75. The van der Waals surface area contributed by atoms with Gasteiger partial charge in [-0.1, -0.05) is 6.07 Å². The normalized spacial score (nSPS) is 12.6. The van der Waals surface area contributed by atoms with Crippen LogP contribution in [0.4, 0.5) is 8.78 Å². The van der Waals surface area contributed by atoms with Gasteiger partial charge in [0.05, 0.1) is 18.2 Å². The lowest BCUT2D eigenvalue weighted by atomic mass is 10.1. The largest absolute Gasteiger partial charge is 0.387 e. The molecule has 0 aliphatic heterocycles. The molecule has 7 heteroatoms. The minimum atomic E-state index is -1.26. The number of aliphatic hydroxyl groups is 1. The van der Waals surface area contributed by atoms with Crippen LogP contribution >= 0.6 is 0 Å². The van der Waals surface area contributed by atoms with Gasteiger partial charge in [0.1, 0.15) is 23.8 Å². The number of aryl methyl sites for hydroxylation is 1. The highest BCUT2D eigenvalue weighted by Gasteiger charge is 2.17. The molecule has 1 heterocycles. The van der Waals surface area contributed by atoms with Crippen LogP contribution in [-0.2, 0) is 13.1 Å². The van der Waals surface area contributed by atoms with E-state index in [4.69, 9.17) is 0 Å². The first kappa shape index (κ1) is 14.5. The van der Waals surface area contributed by atoms with Crippen molar-refractivity contribution < 1.29 is 13.9 Å². The Labute approximate surface area is 115 Å². The fraction of sp³-hybridized carbons (Fsp3) is 0.385. The van der Waals surface area contributed by atoms with E-state index in [1.807, 2.05) is 11.5 Å². The van der Waals surface area contributed by atoms with Crippen LogP contribution in [0.5, 0.6) is 0 Å². The fourth-order valence-corrected chi connectivity index (χ4v) is 1.93. The van der Waals surface area contributed by atoms with Gasteiger partial charge in [-0.25, -0.2) is 8.78 Å². The third kappa shape index (κ3) is 3.17. The van der Waals surface area contributed by atoms with E-state index in [1.54, 1.807) is 6.33 Å². The zero-order valence-electron chi connectivity index (χ0n) is 11.1. The SMILES string of the molecule is CCn1cnnc1CNCC(O)c1c(F)cccc1F. The summed E-state index contributed by atoms with van der Waals surface area (Å²) in [6, 6.07) is 3.50. The van der Waals surface area contributed by atoms with E-state index in [-0.39, 0.29) is 12.1 Å². The van der Waals surface area contributed by atoms with Gasteiger partial charge in [-0.15, -0.1) is 10.2 Å². The Morgan fingerprint density at radius 3 is 2.70 bits per heavy atom. The van der Waals surface area contributed by atoms with Crippen LogP contribution in [0.1, 0.15) is 24.4 Å². The molecule has 0 saturated carbocycles. The molecule has 1 atom stereocenters. The third-order valence-corrected chi connectivity index (χ3v) is 2.99. The van der Waals surface area contributed by atoms with E-state index in [2.05, 4.69) is 15.5 Å². The van der Waals surface area contributed by atoms with Crippen molar-refractivity contribution in [1.82, 2.24) is 20.1 Å². The molecule has 1 aromatic carbocycles. The Bertz CT molecular complexity index is 553. The molecule has 0 fully saturated rings. The third-order valence-electron chi connectivity index (χ3n) is 2.99. The molecule has 0 radical (unpaired) electrons. The second-order valence-corrected chi connectivity index (χ2v) is 4.32. The van der Waals surface area contributed by atoms with Crippen LogP contribution in [0, 0.1) is 11.6 Å². The van der Waals surface area contributed by atoms with E-state index in [9.17, 15) is 13.9 Å². The summed E-state index contributed by atoms with van der Waals surface area (Å²) >= 11 is 0. The standard InChI is InChI=1S/C13H16F2N4O/c1-2-19-8-17-18-12(19)7-16-6-11(20)13-9(14)4-3-5-10(13)15/h3-5,8,11,16,20H,2,6-7H2,1H3. The zero-order chi connectivity index (χ0) is 14.5. The molecule has 108 valence electrons. The average Bonchev–Trinajstić information content (AvgIpc) is 2.86. The maximum atomic E-state index is 13.5. The maximum Gasteiger partial charge on any atom is 0.146 e. The van der Waals surface area contributed by atoms with Gasteiger partial charge in [-0.05, 0) is 19.1 Å². The summed E-state index contributed by atoms with van der Waals surface area (Å²) in [6.45, 7) is 3.07. The Morgan fingerprint density at radius 1 is 1.35 bits per heavy atom. The van der Waals surface area contributed by atoms with Crippen molar-refractivity contribution in [2.75, 3.05) is 6.54 Å². The molecular formula is C13H16F2N4O. The lowest BCUT2D eigenvalue weighted by Gasteiger charge is -2.13. The summed E-state index contributed by atoms with van der Waals surface area (Å²) in [6.07, 6.45) is 0.346. The number of aromatic nitrogens is 3. The van der Waals surface area contributed by atoms with Crippen molar-refractivity contribution in [3.8, 4) is 0 Å². The Balaban J connectivity index is 1.94. The van der Waals surface area contributed by atoms with Gasteiger partial charge in [-0.3, -0.25) is 0 Å². The molecule has 0 aliphatic rings. The van der Waals surface area contributed by atoms with Crippen molar-refractivity contribution in [2.24, 2.45) is 0 Å². The first-order valence-electron chi connectivity index (χ1n) is 6.32. The number of hydrogen-bond donors (Lipinski definition) is 2. The quantitative estimate of drug-likeness (QED) is 0.840. The molecule has 20 heavy (non-hydrogen) atoms. The number of benzene rings is 1. The van der Waals surface area contributed by atoms with Crippen LogP contribution in [0.25, 0.3) is 0 Å². The number of hydrogen-bond acceptors (Lipinski definition) is 4. The highest BCUT2D eigenvalue weighted by Crippen LogP contribution is 2.19. The molecule has 5 nitrogen and oxygen atoms in total. The molecule has 2 N–H and O–H groups in total. The highest BCUT2D eigenvalue weighted by atomic mass is 19.1. The predicted molar refractivity (Wildman–Crippen MR) is 68.7 cm³/mol. The van der Waals surface area contributed by atoms with Crippen molar-refractivity contribution in [2.45, 2.75) is 26.1 Å². The van der Waals surface area contributed by atoms with Crippen molar-refractivity contribution in [1.29, 1.82) is 0 Å². The molecule has 0 bridgehead atoms. The highest BCUT2D eigenvalue weighted by molar-refractivity contribution is 5.22. The lowest BCUT2D eigenvalue weighted by molar-refractivity contribution is 0.164. The number of halogens is 2. The van der Waals surface area contributed by atoms with Crippen LogP contribution in [-0.4, -0.2) is 26.4 Å². The monoisotopic (exact) mass is 282 g/mol. The molecule has 0 amide bonds. The van der Waals surface area contributed by atoms with Crippen molar-refractivity contribution in [3.63, 3.8) is 0 Å². The minimum Gasteiger partial charge on any atom is -0.387 e. The smallest absolute Gasteiger partial charge is 0.146 e. The van der Waals surface area contributed by atoms with Gasteiger partial charge in [0, 0.05) is 13.1 Å². The maximum absolute atomic E-state index is 13.5. The van der Waals surface area contributed by atoms with Gasteiger partial charge in [0.15, 0.2) is 0 Å².